The Kier molecular flexibility index (Phi) is 12.2. The number of aliphatic carboxylic acids is 1. The molecule has 1 atom stereocenters. The molecule has 4 aromatic rings. The third kappa shape index (κ3) is 8.76. The van der Waals surface area contributed by atoms with Gasteiger partial charge >= 0.3 is 18.3 Å². The number of methoxy groups -OCH3 is 2. The molecule has 6 rings (SSSR count). The zero-order valence-corrected chi connectivity index (χ0v) is 31.2. The Labute approximate surface area is 321 Å². The van der Waals surface area contributed by atoms with E-state index in [-0.39, 0.29) is 6.42 Å². The number of alkyl halides is 6. The van der Waals surface area contributed by atoms with Crippen LogP contribution in [0.15, 0.2) is 78.9 Å². The van der Waals surface area contributed by atoms with Crippen molar-refractivity contribution < 1.29 is 50.5 Å². The minimum Gasteiger partial charge on any atom is -0.496 e. The fraction of sp³-hybridized carbons (Fsp3) is 0.429. The minimum absolute atomic E-state index is 0.358. The van der Waals surface area contributed by atoms with Crippen LogP contribution in [-0.4, -0.2) is 92.1 Å². The summed E-state index contributed by atoms with van der Waals surface area (Å²) in [6.07, 6.45) is -9.91. The van der Waals surface area contributed by atoms with Crippen molar-refractivity contribution in [2.75, 3.05) is 46.9 Å². The number of carbonyl (C=O) groups is 2. The van der Waals surface area contributed by atoms with Crippen LogP contribution in [0.5, 0.6) is 11.5 Å². The average Bonchev–Trinajstić information content (AvgIpc) is 3.17. The van der Waals surface area contributed by atoms with E-state index in [1.165, 1.54) is 5.56 Å². The number of rotatable bonds is 12. The van der Waals surface area contributed by atoms with Gasteiger partial charge in [0.05, 0.1) is 26.3 Å². The third-order valence-corrected chi connectivity index (χ3v) is 11.3. The van der Waals surface area contributed by atoms with Gasteiger partial charge in [0.2, 0.25) is 5.91 Å². The molecule has 8 nitrogen and oxygen atoms in total. The maximum Gasteiger partial charge on any atom is 0.403 e. The van der Waals surface area contributed by atoms with Gasteiger partial charge in [-0.1, -0.05) is 72.8 Å². The number of amides is 1. The maximum absolute atomic E-state index is 14.5. The van der Waals surface area contributed by atoms with E-state index in [1.807, 2.05) is 30.3 Å². The highest BCUT2D eigenvalue weighted by molar-refractivity contribution is 6.01. The zero-order chi connectivity index (χ0) is 40.3. The molecule has 2 aliphatic rings. The van der Waals surface area contributed by atoms with Crippen molar-refractivity contribution in [3.8, 4) is 22.6 Å². The average molecular weight is 786 g/mol. The molecule has 2 heterocycles. The van der Waals surface area contributed by atoms with E-state index in [0.717, 1.165) is 42.0 Å². The molecule has 14 heteroatoms. The van der Waals surface area contributed by atoms with E-state index < -0.39 is 68.2 Å². The molecule has 2 fully saturated rings. The summed E-state index contributed by atoms with van der Waals surface area (Å²) in [5.41, 5.74) is 1.11. The first-order chi connectivity index (χ1) is 26.6. The highest BCUT2D eigenvalue weighted by Crippen LogP contribution is 2.48. The summed E-state index contributed by atoms with van der Waals surface area (Å²) in [5, 5.41) is 13.6. The van der Waals surface area contributed by atoms with Crippen molar-refractivity contribution in [2.24, 2.45) is 5.41 Å². The third-order valence-electron chi connectivity index (χ3n) is 11.3. The van der Waals surface area contributed by atoms with E-state index in [2.05, 4.69) is 34.5 Å². The first-order valence-electron chi connectivity index (χ1n) is 18.6. The van der Waals surface area contributed by atoms with E-state index in [9.17, 15) is 41.0 Å². The van der Waals surface area contributed by atoms with Crippen molar-refractivity contribution >= 4 is 22.6 Å². The molecular weight excluding hydrogens is 740 g/mol. The number of hydrogen-bond donors (Lipinski definition) is 2. The Morgan fingerprint density at radius 2 is 1.46 bits per heavy atom. The van der Waals surface area contributed by atoms with Crippen LogP contribution < -0.4 is 14.8 Å². The summed E-state index contributed by atoms with van der Waals surface area (Å²) >= 11 is 0. The van der Waals surface area contributed by atoms with E-state index in [0.29, 0.717) is 45.9 Å². The fourth-order valence-corrected chi connectivity index (χ4v) is 8.25. The molecule has 2 N–H and O–H groups in total. The fourth-order valence-electron chi connectivity index (χ4n) is 8.25. The first kappa shape index (κ1) is 40.8. The summed E-state index contributed by atoms with van der Waals surface area (Å²) in [6, 6.07) is 23.2. The lowest BCUT2D eigenvalue weighted by atomic mass is 9.76. The number of carboxylic acid groups (broad SMARTS) is 1. The molecule has 4 aromatic carbocycles. The second-order valence-electron chi connectivity index (χ2n) is 14.7. The lowest BCUT2D eigenvalue weighted by Crippen LogP contribution is -2.59. The van der Waals surface area contributed by atoms with Gasteiger partial charge in [-0.3, -0.25) is 14.6 Å². The molecule has 300 valence electrons. The Morgan fingerprint density at radius 1 is 0.804 bits per heavy atom. The van der Waals surface area contributed by atoms with Crippen molar-refractivity contribution in [3.63, 3.8) is 0 Å². The second kappa shape index (κ2) is 16.7. The molecule has 0 spiro atoms. The molecule has 0 radical (unpaired) electrons. The number of hydrogen-bond acceptors (Lipinski definition) is 6. The van der Waals surface area contributed by atoms with Gasteiger partial charge in [0.1, 0.15) is 23.0 Å². The van der Waals surface area contributed by atoms with Gasteiger partial charge in [-0.25, -0.2) is 4.79 Å². The summed E-state index contributed by atoms with van der Waals surface area (Å²) in [4.78, 5) is 29.1. The molecule has 56 heavy (non-hydrogen) atoms. The Bertz CT molecular complexity index is 2010. The van der Waals surface area contributed by atoms with Gasteiger partial charge < -0.3 is 19.9 Å². The molecule has 0 bridgehead atoms. The standard InChI is InChI=1S/C42H45F6N3O5/c1-55-35-15-14-30(25-50-20-16-28(17-21-50)27-8-4-3-5-9-27)37(56-2)36(35)33-13-7-11-31-29(10-6-12-32(31)33)24-34(38(52)53)49-39(54)40(42(46,47)48)18-22-51(23-19-40)26-41(43,44)45/h3-15,28,34H,16-26H2,1-2H3,(H,49,54)(H,52,53)/t34-/m0/s1. The van der Waals surface area contributed by atoms with Crippen LogP contribution in [0.25, 0.3) is 21.9 Å². The number of halogens is 6. The lowest BCUT2D eigenvalue weighted by molar-refractivity contribution is -0.236. The monoisotopic (exact) mass is 785 g/mol. The number of nitrogens with one attached hydrogen (secondary N) is 1. The van der Waals surface area contributed by atoms with Gasteiger partial charge in [0.25, 0.3) is 0 Å². The first-order valence-corrected chi connectivity index (χ1v) is 18.6. The molecule has 2 aliphatic heterocycles. The largest absolute Gasteiger partial charge is 0.496 e. The topological polar surface area (TPSA) is 91.3 Å². The van der Waals surface area contributed by atoms with Crippen LogP contribution in [0.4, 0.5) is 26.3 Å². The van der Waals surface area contributed by atoms with Gasteiger partial charge in [-0.05, 0) is 91.3 Å². The minimum atomic E-state index is -5.12. The van der Waals surface area contributed by atoms with Gasteiger partial charge in [0.15, 0.2) is 0 Å². The molecule has 0 unspecified atom stereocenters. The van der Waals surface area contributed by atoms with Crippen LogP contribution in [0.3, 0.4) is 0 Å². The van der Waals surface area contributed by atoms with Crippen LogP contribution >= 0.6 is 0 Å². The summed E-state index contributed by atoms with van der Waals surface area (Å²) < 4.78 is 94.2. The smallest absolute Gasteiger partial charge is 0.403 e. The highest BCUT2D eigenvalue weighted by atomic mass is 19.4. The van der Waals surface area contributed by atoms with E-state index in [4.69, 9.17) is 9.47 Å². The summed E-state index contributed by atoms with van der Waals surface area (Å²) in [5.74, 6) is -1.47. The van der Waals surface area contributed by atoms with Gasteiger partial charge in [-0.2, -0.15) is 26.3 Å². The van der Waals surface area contributed by atoms with Gasteiger partial charge in [0, 0.05) is 18.5 Å². The predicted molar refractivity (Wildman–Crippen MR) is 200 cm³/mol. The number of carboxylic acids is 1. The quantitative estimate of drug-likeness (QED) is 0.140. The van der Waals surface area contributed by atoms with E-state index in [1.54, 1.807) is 38.5 Å². The maximum atomic E-state index is 14.5. The normalized spacial score (nSPS) is 17.7. The number of piperidine rings is 2. The van der Waals surface area contributed by atoms with Crippen LogP contribution in [0, 0.1) is 5.41 Å². The van der Waals surface area contributed by atoms with Crippen LogP contribution in [0.2, 0.25) is 0 Å². The van der Waals surface area contributed by atoms with Crippen molar-refractivity contribution in [3.05, 3.63) is 95.6 Å². The lowest BCUT2D eigenvalue weighted by Gasteiger charge is -2.42. The van der Waals surface area contributed by atoms with Crippen molar-refractivity contribution in [1.82, 2.24) is 15.1 Å². The van der Waals surface area contributed by atoms with Crippen LogP contribution in [-0.2, 0) is 22.6 Å². The number of ether oxygens (including phenoxy) is 2. The second-order valence-corrected chi connectivity index (χ2v) is 14.7. The zero-order valence-electron chi connectivity index (χ0n) is 31.2. The van der Waals surface area contributed by atoms with Crippen molar-refractivity contribution in [1.29, 1.82) is 0 Å². The molecule has 1 amide bonds. The number of fused-ring (bicyclic) bond motifs is 1. The molecule has 0 aromatic heterocycles. The number of likely N-dealkylation sites (tertiary alicyclic amines) is 2. The van der Waals surface area contributed by atoms with E-state index >= 15 is 0 Å². The Morgan fingerprint density at radius 3 is 2.07 bits per heavy atom. The van der Waals surface area contributed by atoms with Crippen molar-refractivity contribution in [2.45, 2.75) is 63.0 Å². The molecule has 2 saturated heterocycles. The number of nitrogens with zero attached hydrogens (tertiary/aromatic N) is 2. The SMILES string of the molecule is COc1ccc(CN2CCC(c3ccccc3)CC2)c(OC)c1-c1cccc2c(C[C@H](NC(=O)C3(C(F)(F)F)CCN(CC(F)(F)F)CC3)C(=O)O)cccc12. The summed E-state index contributed by atoms with van der Waals surface area (Å²) in [6.45, 7) is -0.210. The highest BCUT2D eigenvalue weighted by Gasteiger charge is 2.61. The Hall–Kier alpha value is -4.82. The van der Waals surface area contributed by atoms with Crippen LogP contribution in [0.1, 0.15) is 48.3 Å². The molecule has 0 saturated carbocycles. The number of carbonyl (C=O) groups excluding carboxylic acids is 1. The molecular formula is C42H45F6N3O5. The molecule has 0 aliphatic carbocycles. The summed E-state index contributed by atoms with van der Waals surface area (Å²) in [7, 11) is 3.14. The number of benzene rings is 4. The Balaban J connectivity index is 1.26. The predicted octanol–water partition coefficient (Wildman–Crippen LogP) is 8.22. The van der Waals surface area contributed by atoms with Gasteiger partial charge in [-0.15, -0.1) is 0 Å².